The van der Waals surface area contributed by atoms with Gasteiger partial charge in [0.15, 0.2) is 0 Å². The van der Waals surface area contributed by atoms with Crippen molar-refractivity contribution in [2.24, 2.45) is 0 Å². The van der Waals surface area contributed by atoms with E-state index in [1.54, 1.807) is 0 Å². The quantitative estimate of drug-likeness (QED) is 0.198. The van der Waals surface area contributed by atoms with Crippen molar-refractivity contribution in [3.63, 3.8) is 0 Å². The lowest BCUT2D eigenvalue weighted by molar-refractivity contribution is -0.933. The number of carboxylic acid groups (broad SMARTS) is 1. The summed E-state index contributed by atoms with van der Waals surface area (Å²) in [5.74, 6) is -1.15. The summed E-state index contributed by atoms with van der Waals surface area (Å²) in [7, 11) is 0. The molecule has 0 fully saturated rings. The second-order valence-electron chi connectivity index (χ2n) is 7.31. The van der Waals surface area contributed by atoms with Crippen molar-refractivity contribution in [3.05, 3.63) is 24.3 Å². The van der Waals surface area contributed by atoms with Gasteiger partial charge in [0.1, 0.15) is 31.8 Å². The van der Waals surface area contributed by atoms with Gasteiger partial charge in [0.05, 0.1) is 13.2 Å². The normalized spacial score (nSPS) is 16.6. The van der Waals surface area contributed by atoms with E-state index in [1.165, 1.54) is 0 Å². The van der Waals surface area contributed by atoms with Gasteiger partial charge in [-0.05, 0) is 52.4 Å². The van der Waals surface area contributed by atoms with Gasteiger partial charge in [0.25, 0.3) is 0 Å². The molecule has 3 N–H and O–H groups in total. The van der Waals surface area contributed by atoms with E-state index < -0.39 is 18.2 Å². The van der Waals surface area contributed by atoms with Crippen LogP contribution in [0.4, 0.5) is 0 Å². The summed E-state index contributed by atoms with van der Waals surface area (Å²) in [4.78, 5) is 11.0. The molecule has 158 valence electrons. The zero-order valence-electron chi connectivity index (χ0n) is 17.1. The van der Waals surface area contributed by atoms with Crippen molar-refractivity contribution in [1.82, 2.24) is 0 Å². The molecule has 0 amide bonds. The van der Waals surface area contributed by atoms with Gasteiger partial charge in [-0.15, -0.1) is 0 Å². The fourth-order valence-corrected chi connectivity index (χ4v) is 3.44. The molecule has 0 saturated heterocycles. The molecule has 0 aromatic rings. The molecule has 0 aromatic heterocycles. The van der Waals surface area contributed by atoms with E-state index >= 15 is 0 Å². The number of allylic oxidation sites excluding steroid dienone is 4. The minimum atomic E-state index is -1.15. The second kappa shape index (κ2) is 15.8. The van der Waals surface area contributed by atoms with Crippen LogP contribution in [-0.2, 0) is 4.79 Å². The monoisotopic (exact) mass is 385 g/mol. The number of carbonyl (C=O) groups excluding carboxylic acids is 1. The molecule has 0 heterocycles. The highest BCUT2D eigenvalue weighted by molar-refractivity contribution is 5.64. The minimum Gasteiger partial charge on any atom is -0.550 e. The average molecular weight is 386 g/mol. The Morgan fingerprint density at radius 1 is 0.963 bits per heavy atom. The molecule has 6 nitrogen and oxygen atoms in total. The van der Waals surface area contributed by atoms with Gasteiger partial charge in [-0.2, -0.15) is 0 Å². The van der Waals surface area contributed by atoms with Gasteiger partial charge in [0.2, 0.25) is 0 Å². The Kier molecular flexibility index (Phi) is 15.1. The maximum absolute atomic E-state index is 11.0. The van der Waals surface area contributed by atoms with Crippen LogP contribution in [0, 0.1) is 0 Å². The second-order valence-corrected chi connectivity index (χ2v) is 7.31. The van der Waals surface area contributed by atoms with E-state index in [0.29, 0.717) is 32.5 Å². The summed E-state index contributed by atoms with van der Waals surface area (Å²) in [6.45, 7) is 5.00. The molecule has 2 unspecified atom stereocenters. The number of quaternary nitrogens is 1. The third kappa shape index (κ3) is 13.6. The van der Waals surface area contributed by atoms with Crippen LogP contribution in [-0.4, -0.2) is 70.8 Å². The highest BCUT2D eigenvalue weighted by Gasteiger charge is 2.32. The molecule has 0 bridgehead atoms. The molecule has 6 heteroatoms. The molecule has 0 radical (unpaired) electrons. The molecule has 0 aromatic carbocycles. The Morgan fingerprint density at radius 3 is 1.81 bits per heavy atom. The summed E-state index contributed by atoms with van der Waals surface area (Å²) in [5, 5.41) is 41.4. The van der Waals surface area contributed by atoms with E-state index in [9.17, 15) is 25.2 Å². The van der Waals surface area contributed by atoms with Crippen molar-refractivity contribution >= 4 is 5.97 Å². The lowest BCUT2D eigenvalue weighted by Crippen LogP contribution is -2.58. The molecule has 27 heavy (non-hydrogen) atoms. The van der Waals surface area contributed by atoms with Crippen molar-refractivity contribution in [1.29, 1.82) is 0 Å². The number of carboxylic acids is 1. The Morgan fingerprint density at radius 2 is 1.44 bits per heavy atom. The number of aliphatic hydroxyl groups excluding tert-OH is 3. The Bertz CT molecular complexity index is 410. The zero-order chi connectivity index (χ0) is 20.5. The summed E-state index contributed by atoms with van der Waals surface area (Å²) in [5.41, 5.74) is 0. The third-order valence-corrected chi connectivity index (χ3v) is 4.85. The zero-order valence-corrected chi connectivity index (χ0v) is 17.1. The lowest BCUT2D eigenvalue weighted by atomic mass is 10.1. The first-order valence-corrected chi connectivity index (χ1v) is 10.1. The van der Waals surface area contributed by atoms with Crippen LogP contribution in [0.2, 0.25) is 0 Å². The molecule has 0 saturated carbocycles. The van der Waals surface area contributed by atoms with Crippen LogP contribution in [0.3, 0.4) is 0 Å². The maximum Gasteiger partial charge on any atom is 0.105 e. The van der Waals surface area contributed by atoms with Gasteiger partial charge in [-0.1, -0.05) is 24.3 Å². The van der Waals surface area contributed by atoms with E-state index in [1.807, 2.05) is 38.2 Å². The molecular weight excluding hydrogens is 346 g/mol. The van der Waals surface area contributed by atoms with Crippen LogP contribution in [0.15, 0.2) is 24.3 Å². The van der Waals surface area contributed by atoms with Crippen molar-refractivity contribution in [2.45, 2.75) is 71.0 Å². The number of unbranched alkanes of at least 4 members (excludes halogenated alkanes) is 2. The Hall–Kier alpha value is -1.21. The summed E-state index contributed by atoms with van der Waals surface area (Å²) in [6.07, 6.45) is 11.4. The molecule has 2 atom stereocenters. The number of hydrogen-bond acceptors (Lipinski definition) is 5. The van der Waals surface area contributed by atoms with Crippen molar-refractivity contribution in [3.8, 4) is 0 Å². The van der Waals surface area contributed by atoms with E-state index in [-0.39, 0.29) is 24.1 Å². The SMILES string of the molecule is C/C=C/CCCC(O)C[N+](CCO)(CCC(=O)[O-])CC(O)CCC/C=C/C. The summed E-state index contributed by atoms with van der Waals surface area (Å²) < 4.78 is 0.194. The Balaban J connectivity index is 4.93. The fraction of sp³-hybridized carbons (Fsp3) is 0.762. The van der Waals surface area contributed by atoms with Crippen LogP contribution in [0.5, 0.6) is 0 Å². The predicted molar refractivity (Wildman–Crippen MR) is 106 cm³/mol. The third-order valence-electron chi connectivity index (χ3n) is 4.85. The number of hydrogen-bond donors (Lipinski definition) is 3. The first-order valence-electron chi connectivity index (χ1n) is 10.1. The molecule has 0 rings (SSSR count). The summed E-state index contributed by atoms with van der Waals surface area (Å²) in [6, 6.07) is 0. The highest BCUT2D eigenvalue weighted by Crippen LogP contribution is 2.17. The topological polar surface area (TPSA) is 101 Å². The number of aliphatic carboxylic acids is 1. The van der Waals surface area contributed by atoms with Gasteiger partial charge in [-0.3, -0.25) is 0 Å². The lowest BCUT2D eigenvalue weighted by Gasteiger charge is -2.41. The Labute approximate surface area is 164 Å². The van der Waals surface area contributed by atoms with Crippen molar-refractivity contribution in [2.75, 3.05) is 32.8 Å². The smallest absolute Gasteiger partial charge is 0.105 e. The van der Waals surface area contributed by atoms with E-state index in [0.717, 1.165) is 25.7 Å². The van der Waals surface area contributed by atoms with E-state index in [4.69, 9.17) is 0 Å². The van der Waals surface area contributed by atoms with Crippen molar-refractivity contribution < 1.29 is 29.7 Å². The van der Waals surface area contributed by atoms with Crippen LogP contribution in [0.1, 0.15) is 58.8 Å². The first-order chi connectivity index (χ1) is 12.9. The first kappa shape index (κ1) is 25.8. The number of nitrogens with zero attached hydrogens (tertiary/aromatic N) is 1. The summed E-state index contributed by atoms with van der Waals surface area (Å²) >= 11 is 0. The van der Waals surface area contributed by atoms with Gasteiger partial charge in [0, 0.05) is 12.4 Å². The predicted octanol–water partition coefficient (Wildman–Crippen LogP) is 1.15. The van der Waals surface area contributed by atoms with Crippen LogP contribution < -0.4 is 5.11 Å². The largest absolute Gasteiger partial charge is 0.550 e. The number of aliphatic hydroxyl groups is 3. The highest BCUT2D eigenvalue weighted by atomic mass is 16.4. The average Bonchev–Trinajstić information content (AvgIpc) is 2.61. The van der Waals surface area contributed by atoms with E-state index in [2.05, 4.69) is 0 Å². The maximum atomic E-state index is 11.0. The van der Waals surface area contributed by atoms with Crippen LogP contribution >= 0.6 is 0 Å². The molecular formula is C21H39NO5. The van der Waals surface area contributed by atoms with Gasteiger partial charge < -0.3 is 29.7 Å². The van der Waals surface area contributed by atoms with Gasteiger partial charge in [-0.25, -0.2) is 0 Å². The van der Waals surface area contributed by atoms with Gasteiger partial charge >= 0.3 is 0 Å². The minimum absolute atomic E-state index is 0.121. The standard InChI is InChI=1S/C21H39NO5/c1-3-5-7-9-11-19(24)17-22(15-16-23,14-13-21(26)27)18-20(25)12-10-8-6-4-2/h3-6,19-20,23-25H,7-18H2,1-2H3/b5-3+,6-4+. The van der Waals surface area contributed by atoms with Crippen LogP contribution in [0.25, 0.3) is 0 Å². The molecule has 0 aliphatic rings. The molecule has 0 aliphatic carbocycles. The number of carbonyl (C=O) groups is 1. The number of rotatable bonds is 17. The fourth-order valence-electron chi connectivity index (χ4n) is 3.44. The molecule has 0 spiro atoms. The molecule has 0 aliphatic heterocycles.